The topological polar surface area (TPSA) is 38.0 Å². The fraction of sp³-hybridized carbons (Fsp3) is 0.143. The Bertz CT molecular complexity index is 597. The molecule has 0 heterocycles. The molecule has 2 rings (SSSR count). The SMILES string of the molecule is Cc1ccc(Nc2cc(C)c(F)cc2N)c(Br)c1. The molecule has 0 spiro atoms. The van der Waals surface area contributed by atoms with Gasteiger partial charge < -0.3 is 11.1 Å². The highest BCUT2D eigenvalue weighted by Crippen LogP contribution is 2.30. The zero-order valence-electron chi connectivity index (χ0n) is 10.2. The highest BCUT2D eigenvalue weighted by Gasteiger charge is 2.07. The molecule has 0 unspecified atom stereocenters. The quantitative estimate of drug-likeness (QED) is 0.800. The van der Waals surface area contributed by atoms with E-state index < -0.39 is 0 Å². The first-order valence-corrected chi connectivity index (χ1v) is 6.35. The van der Waals surface area contributed by atoms with Gasteiger partial charge >= 0.3 is 0 Å². The molecule has 0 amide bonds. The lowest BCUT2D eigenvalue weighted by molar-refractivity contribution is 0.619. The molecular weight excluding hydrogens is 295 g/mol. The molecule has 0 saturated carbocycles. The number of hydrogen-bond acceptors (Lipinski definition) is 2. The lowest BCUT2D eigenvalue weighted by Gasteiger charge is -2.12. The van der Waals surface area contributed by atoms with E-state index >= 15 is 0 Å². The maximum Gasteiger partial charge on any atom is 0.128 e. The number of nitrogen functional groups attached to an aromatic ring is 1. The second kappa shape index (κ2) is 4.98. The number of aryl methyl sites for hydroxylation is 2. The fourth-order valence-electron chi connectivity index (χ4n) is 1.67. The molecule has 2 aromatic rings. The molecule has 0 atom stereocenters. The van der Waals surface area contributed by atoms with Gasteiger partial charge in [0.25, 0.3) is 0 Å². The largest absolute Gasteiger partial charge is 0.397 e. The van der Waals surface area contributed by atoms with Crippen LogP contribution >= 0.6 is 15.9 Å². The number of halogens is 2. The predicted molar refractivity (Wildman–Crippen MR) is 77.7 cm³/mol. The summed E-state index contributed by atoms with van der Waals surface area (Å²) in [7, 11) is 0. The Kier molecular flexibility index (Phi) is 3.57. The Hall–Kier alpha value is -1.55. The molecule has 18 heavy (non-hydrogen) atoms. The van der Waals surface area contributed by atoms with Crippen molar-refractivity contribution in [1.29, 1.82) is 0 Å². The van der Waals surface area contributed by atoms with E-state index in [1.807, 2.05) is 25.1 Å². The maximum absolute atomic E-state index is 13.3. The normalized spacial score (nSPS) is 10.4. The summed E-state index contributed by atoms with van der Waals surface area (Å²) < 4.78 is 14.3. The minimum atomic E-state index is -0.291. The van der Waals surface area contributed by atoms with Gasteiger partial charge in [-0.15, -0.1) is 0 Å². The summed E-state index contributed by atoms with van der Waals surface area (Å²) in [6.07, 6.45) is 0. The number of nitrogens with one attached hydrogen (secondary N) is 1. The van der Waals surface area contributed by atoms with Crippen molar-refractivity contribution in [2.24, 2.45) is 0 Å². The van der Waals surface area contributed by atoms with Gasteiger partial charge in [-0.3, -0.25) is 0 Å². The van der Waals surface area contributed by atoms with E-state index in [2.05, 4.69) is 21.2 Å². The number of rotatable bonds is 2. The van der Waals surface area contributed by atoms with Gasteiger partial charge in [-0.25, -0.2) is 4.39 Å². The summed E-state index contributed by atoms with van der Waals surface area (Å²) in [6, 6.07) is 9.00. The minimum Gasteiger partial charge on any atom is -0.397 e. The van der Waals surface area contributed by atoms with Crippen LogP contribution in [0.15, 0.2) is 34.8 Å². The molecule has 0 aliphatic rings. The van der Waals surface area contributed by atoms with Gasteiger partial charge in [0.2, 0.25) is 0 Å². The third-order valence-corrected chi connectivity index (χ3v) is 3.38. The maximum atomic E-state index is 13.3. The molecule has 0 saturated heterocycles. The average molecular weight is 309 g/mol. The van der Waals surface area contributed by atoms with E-state index in [9.17, 15) is 4.39 Å². The molecule has 2 aromatic carbocycles. The van der Waals surface area contributed by atoms with Crippen molar-refractivity contribution in [3.05, 3.63) is 51.7 Å². The molecule has 0 aromatic heterocycles. The van der Waals surface area contributed by atoms with Gasteiger partial charge in [-0.1, -0.05) is 6.07 Å². The van der Waals surface area contributed by atoms with Gasteiger partial charge in [-0.2, -0.15) is 0 Å². The van der Waals surface area contributed by atoms with Crippen LogP contribution in [0.1, 0.15) is 11.1 Å². The number of hydrogen-bond donors (Lipinski definition) is 2. The Morgan fingerprint density at radius 1 is 1.11 bits per heavy atom. The van der Waals surface area contributed by atoms with Gasteiger partial charge in [0, 0.05) is 4.47 Å². The molecular formula is C14H14BrFN2. The smallest absolute Gasteiger partial charge is 0.128 e. The summed E-state index contributed by atoms with van der Waals surface area (Å²) in [5.41, 5.74) is 9.53. The molecule has 0 radical (unpaired) electrons. The predicted octanol–water partition coefficient (Wildman–Crippen LogP) is 4.53. The zero-order chi connectivity index (χ0) is 13.3. The summed E-state index contributed by atoms with van der Waals surface area (Å²) in [4.78, 5) is 0. The lowest BCUT2D eigenvalue weighted by Crippen LogP contribution is -1.99. The van der Waals surface area contributed by atoms with E-state index in [4.69, 9.17) is 5.73 Å². The van der Waals surface area contributed by atoms with E-state index in [0.717, 1.165) is 15.7 Å². The summed E-state index contributed by atoms with van der Waals surface area (Å²) >= 11 is 3.48. The van der Waals surface area contributed by atoms with Gasteiger partial charge in [-0.05, 0) is 65.2 Å². The lowest BCUT2D eigenvalue weighted by atomic mass is 10.1. The number of nitrogens with two attached hydrogens (primary N) is 1. The molecule has 0 fully saturated rings. The first-order valence-electron chi connectivity index (χ1n) is 5.56. The monoisotopic (exact) mass is 308 g/mol. The van der Waals surface area contributed by atoms with Crippen LogP contribution in [0.25, 0.3) is 0 Å². The Morgan fingerprint density at radius 3 is 2.50 bits per heavy atom. The van der Waals surface area contributed by atoms with Crippen molar-refractivity contribution in [1.82, 2.24) is 0 Å². The number of anilines is 3. The van der Waals surface area contributed by atoms with Crippen LogP contribution in [0.3, 0.4) is 0 Å². The summed E-state index contributed by atoms with van der Waals surface area (Å²) in [5, 5.41) is 3.20. The first-order chi connectivity index (χ1) is 8.47. The van der Waals surface area contributed by atoms with Crippen molar-refractivity contribution in [2.45, 2.75) is 13.8 Å². The Labute approximate surface area is 114 Å². The summed E-state index contributed by atoms with van der Waals surface area (Å²) in [5.74, 6) is -0.291. The van der Waals surface area contributed by atoms with Crippen molar-refractivity contribution in [3.8, 4) is 0 Å². The van der Waals surface area contributed by atoms with Crippen LogP contribution in [0.5, 0.6) is 0 Å². The average Bonchev–Trinajstić information content (AvgIpc) is 2.29. The van der Waals surface area contributed by atoms with Crippen LogP contribution in [0, 0.1) is 19.7 Å². The highest BCUT2D eigenvalue weighted by atomic mass is 79.9. The minimum absolute atomic E-state index is 0.291. The van der Waals surface area contributed by atoms with E-state index in [1.165, 1.54) is 6.07 Å². The van der Waals surface area contributed by atoms with Crippen LogP contribution in [0.2, 0.25) is 0 Å². The highest BCUT2D eigenvalue weighted by molar-refractivity contribution is 9.10. The van der Waals surface area contributed by atoms with Crippen LogP contribution in [-0.2, 0) is 0 Å². The molecule has 0 bridgehead atoms. The molecule has 3 N–H and O–H groups in total. The third kappa shape index (κ3) is 2.64. The molecule has 94 valence electrons. The molecule has 2 nitrogen and oxygen atoms in total. The van der Waals surface area contributed by atoms with E-state index in [-0.39, 0.29) is 5.82 Å². The van der Waals surface area contributed by atoms with Gasteiger partial charge in [0.05, 0.1) is 17.1 Å². The fourth-order valence-corrected chi connectivity index (χ4v) is 2.26. The summed E-state index contributed by atoms with van der Waals surface area (Å²) in [6.45, 7) is 3.73. The van der Waals surface area contributed by atoms with Crippen LogP contribution < -0.4 is 11.1 Å². The van der Waals surface area contributed by atoms with Crippen LogP contribution in [0.4, 0.5) is 21.5 Å². The van der Waals surface area contributed by atoms with Crippen molar-refractivity contribution in [2.75, 3.05) is 11.1 Å². The molecule has 0 aliphatic heterocycles. The Morgan fingerprint density at radius 2 is 1.83 bits per heavy atom. The first kappa shape index (κ1) is 12.9. The van der Waals surface area contributed by atoms with Gasteiger partial charge in [0.15, 0.2) is 0 Å². The second-order valence-corrected chi connectivity index (χ2v) is 5.15. The standard InChI is InChI=1S/C14H14BrFN2/c1-8-3-4-13(10(15)5-8)18-14-6-9(2)11(16)7-12(14)17/h3-7,18H,17H2,1-2H3. The molecule has 4 heteroatoms. The second-order valence-electron chi connectivity index (χ2n) is 4.30. The van der Waals surface area contributed by atoms with Gasteiger partial charge in [0.1, 0.15) is 5.82 Å². The van der Waals surface area contributed by atoms with Crippen LogP contribution in [-0.4, -0.2) is 0 Å². The van der Waals surface area contributed by atoms with E-state index in [0.29, 0.717) is 16.9 Å². The van der Waals surface area contributed by atoms with Crippen molar-refractivity contribution in [3.63, 3.8) is 0 Å². The Balaban J connectivity index is 2.37. The number of benzene rings is 2. The van der Waals surface area contributed by atoms with Crippen molar-refractivity contribution < 1.29 is 4.39 Å². The van der Waals surface area contributed by atoms with E-state index in [1.54, 1.807) is 13.0 Å². The zero-order valence-corrected chi connectivity index (χ0v) is 11.8. The van der Waals surface area contributed by atoms with Crippen molar-refractivity contribution >= 4 is 33.0 Å². The molecule has 0 aliphatic carbocycles. The third-order valence-electron chi connectivity index (χ3n) is 2.72.